The minimum atomic E-state index is -10.3. The Morgan fingerprint density at radius 3 is 2.38 bits per heavy atom. The lowest BCUT2D eigenvalue weighted by Gasteiger charge is -2.41. The van der Waals surface area contributed by atoms with Crippen LogP contribution in [0.2, 0.25) is 0 Å². The van der Waals surface area contributed by atoms with Crippen molar-refractivity contribution in [1.82, 2.24) is 15.2 Å². The second-order valence-corrected chi connectivity index (χ2v) is 13.1. The summed E-state index contributed by atoms with van der Waals surface area (Å²) in [5, 5.41) is 12.2. The van der Waals surface area contributed by atoms with Crippen molar-refractivity contribution in [1.29, 1.82) is 5.26 Å². The molecular formula is C26H27F8N5O2S. The molecule has 1 saturated heterocycles. The normalized spacial score (nSPS) is 23.3. The van der Waals surface area contributed by atoms with Gasteiger partial charge in [0.05, 0.1) is 5.69 Å². The number of nitrogens with zero attached hydrogens (tertiary/aromatic N) is 4. The molecule has 1 aromatic carbocycles. The fraction of sp³-hybridized carbons (Fsp3) is 0.462. The van der Waals surface area contributed by atoms with Crippen LogP contribution in [-0.2, 0) is 9.59 Å². The lowest BCUT2D eigenvalue weighted by molar-refractivity contribution is -0.129. The molecule has 2 fully saturated rings. The van der Waals surface area contributed by atoms with Gasteiger partial charge < -0.3 is 5.32 Å². The fourth-order valence-corrected chi connectivity index (χ4v) is 5.93. The van der Waals surface area contributed by atoms with Crippen molar-refractivity contribution >= 4 is 27.7 Å². The molecule has 4 rings (SSSR count). The Balaban J connectivity index is 1.84. The third kappa shape index (κ3) is 6.88. The van der Waals surface area contributed by atoms with Crippen molar-refractivity contribution in [2.75, 3.05) is 11.4 Å². The van der Waals surface area contributed by atoms with Gasteiger partial charge in [-0.2, -0.15) is 5.26 Å². The molecule has 0 unspecified atom stereocenters. The zero-order valence-electron chi connectivity index (χ0n) is 22.1. The van der Waals surface area contributed by atoms with Gasteiger partial charge in [0, 0.05) is 43.4 Å². The molecule has 0 radical (unpaired) electrons. The van der Waals surface area contributed by atoms with Crippen molar-refractivity contribution in [3.63, 3.8) is 0 Å². The van der Waals surface area contributed by atoms with Gasteiger partial charge in [0.25, 0.3) is 5.91 Å². The monoisotopic (exact) mass is 625 g/mol. The Bertz CT molecular complexity index is 1390. The summed E-state index contributed by atoms with van der Waals surface area (Å²) < 4.78 is 110. The maximum absolute atomic E-state index is 15.4. The molecule has 1 aliphatic carbocycles. The molecule has 230 valence electrons. The summed E-state index contributed by atoms with van der Waals surface area (Å²) in [6.07, 6.45) is 3.04. The maximum atomic E-state index is 15.4. The van der Waals surface area contributed by atoms with Crippen molar-refractivity contribution < 1.29 is 42.2 Å². The molecule has 2 aromatic rings. The van der Waals surface area contributed by atoms with Crippen LogP contribution >= 0.6 is 10.2 Å². The van der Waals surface area contributed by atoms with Crippen LogP contribution in [-0.4, -0.2) is 46.2 Å². The highest BCUT2D eigenvalue weighted by molar-refractivity contribution is 8.45. The number of carbonyl (C=O) groups is 2. The number of halogens is 8. The minimum Gasteiger partial charge on any atom is -0.351 e. The Morgan fingerprint density at radius 2 is 1.83 bits per heavy atom. The molecule has 42 heavy (non-hydrogen) atoms. The summed E-state index contributed by atoms with van der Waals surface area (Å²) >= 11 is 0. The lowest BCUT2D eigenvalue weighted by Crippen LogP contribution is -2.52. The zero-order valence-corrected chi connectivity index (χ0v) is 22.9. The molecule has 16 heteroatoms. The highest BCUT2D eigenvalue weighted by Gasteiger charge is 2.65. The lowest BCUT2D eigenvalue weighted by atomic mass is 9.91. The van der Waals surface area contributed by atoms with Gasteiger partial charge in [-0.3, -0.25) is 24.4 Å². The molecule has 2 heterocycles. The number of nitriles is 1. The van der Waals surface area contributed by atoms with E-state index >= 15 is 4.39 Å². The van der Waals surface area contributed by atoms with Crippen molar-refractivity contribution in [2.45, 2.75) is 68.0 Å². The number of hydrogen-bond acceptors (Lipinski definition) is 5. The number of carbonyl (C=O) groups excluding carboxylic acids is 2. The van der Waals surface area contributed by atoms with E-state index in [1.807, 2.05) is 6.19 Å². The number of anilines is 1. The number of hydrogen-bond donors (Lipinski definition) is 1. The number of likely N-dealkylation sites (tertiary alicyclic amines) is 1. The molecule has 1 saturated carbocycles. The topological polar surface area (TPSA) is 89.3 Å². The Morgan fingerprint density at radius 1 is 1.17 bits per heavy atom. The summed E-state index contributed by atoms with van der Waals surface area (Å²) in [6, 6.07) is -1.35. The largest absolute Gasteiger partial charge is 0.351 e. The second-order valence-electron chi connectivity index (χ2n) is 10.7. The standard InChI is InChI=1S/C26H27F8N5O2S/c1-16-11-22(38(14-16)15-35)25(41)39(21-5-4-19(12-20(21)27)42(30,31,32,33)34)23(17-3-2-10-36-13-17)24(40)37-18-6-8-26(28,29)9-7-18/h2-5,10,12-13,16,18,22-23H,6-9,11,14H2,1H3,(H,37,40)/t16-,22-,23-/m1/s1. The second kappa shape index (κ2) is 10.3. The average molecular weight is 626 g/mol. The van der Waals surface area contributed by atoms with Gasteiger partial charge in [-0.25, -0.2) is 13.2 Å². The van der Waals surface area contributed by atoms with E-state index in [1.165, 1.54) is 18.3 Å². The number of amides is 2. The number of alkyl halides is 2. The summed E-state index contributed by atoms with van der Waals surface area (Å²) in [5.41, 5.74) is -0.961. The minimum absolute atomic E-state index is 0.0322. The van der Waals surface area contributed by atoms with E-state index < -0.39 is 81.4 Å². The fourth-order valence-electron chi connectivity index (χ4n) is 5.28. The Hall–Kier alpha value is -3.61. The predicted molar refractivity (Wildman–Crippen MR) is 137 cm³/mol. The zero-order chi connectivity index (χ0) is 31.2. The van der Waals surface area contributed by atoms with Crippen LogP contribution in [0.5, 0.6) is 0 Å². The number of aromatic nitrogens is 1. The third-order valence-electron chi connectivity index (χ3n) is 7.36. The highest BCUT2D eigenvalue weighted by Crippen LogP contribution is 3.02. The SMILES string of the molecule is C[C@@H]1C[C@H](C(=O)N(c2ccc(S(F)(F)(F)(F)F)cc2F)[C@@H](C(=O)NC2CCC(F)(F)CC2)c2cccnc2)N(C#N)C1. The van der Waals surface area contributed by atoms with Crippen LogP contribution in [0.25, 0.3) is 0 Å². The highest BCUT2D eigenvalue weighted by atomic mass is 32.5. The van der Waals surface area contributed by atoms with Gasteiger partial charge in [0.1, 0.15) is 22.8 Å². The summed E-state index contributed by atoms with van der Waals surface area (Å²) in [7, 11) is -10.3. The van der Waals surface area contributed by atoms with Crippen LogP contribution in [0.1, 0.15) is 50.6 Å². The molecule has 7 nitrogen and oxygen atoms in total. The molecular weight excluding hydrogens is 598 g/mol. The molecule has 2 aliphatic rings. The first-order valence-electron chi connectivity index (χ1n) is 12.9. The number of rotatable bonds is 7. The van der Waals surface area contributed by atoms with Gasteiger partial charge in [0.15, 0.2) is 6.19 Å². The van der Waals surface area contributed by atoms with Gasteiger partial charge >= 0.3 is 10.2 Å². The first kappa shape index (κ1) is 31.3. The third-order valence-corrected chi connectivity index (χ3v) is 8.50. The molecule has 1 N–H and O–H groups in total. The molecule has 1 aromatic heterocycles. The quantitative estimate of drug-likeness (QED) is 0.269. The Labute approximate surface area is 236 Å². The molecule has 2 amide bonds. The van der Waals surface area contributed by atoms with Crippen LogP contribution in [0.15, 0.2) is 47.6 Å². The van der Waals surface area contributed by atoms with Gasteiger partial charge in [0.2, 0.25) is 11.8 Å². The van der Waals surface area contributed by atoms with Crippen LogP contribution in [0.4, 0.5) is 38.3 Å². The first-order chi connectivity index (χ1) is 19.3. The number of benzene rings is 1. The Kier molecular flexibility index (Phi) is 7.67. The van der Waals surface area contributed by atoms with Gasteiger partial charge in [-0.1, -0.05) is 32.4 Å². The summed E-state index contributed by atoms with van der Waals surface area (Å²) in [6.45, 7) is 1.84. The van der Waals surface area contributed by atoms with Gasteiger partial charge in [-0.15, -0.1) is 0 Å². The van der Waals surface area contributed by atoms with Crippen LogP contribution < -0.4 is 10.2 Å². The van der Waals surface area contributed by atoms with Crippen LogP contribution in [0, 0.1) is 23.2 Å². The molecule has 1 aliphatic heterocycles. The van der Waals surface area contributed by atoms with Crippen molar-refractivity contribution in [2.24, 2.45) is 5.92 Å². The maximum Gasteiger partial charge on any atom is 0.310 e. The predicted octanol–water partition coefficient (Wildman–Crippen LogP) is 6.84. The first-order valence-corrected chi connectivity index (χ1v) is 14.9. The summed E-state index contributed by atoms with van der Waals surface area (Å²) in [4.78, 5) is 30.7. The van der Waals surface area contributed by atoms with E-state index in [0.717, 1.165) is 11.1 Å². The van der Waals surface area contributed by atoms with E-state index in [-0.39, 0.29) is 43.4 Å². The summed E-state index contributed by atoms with van der Waals surface area (Å²) in [5.74, 6) is -7.06. The van der Waals surface area contributed by atoms with E-state index in [4.69, 9.17) is 0 Å². The smallest absolute Gasteiger partial charge is 0.310 e. The van der Waals surface area contributed by atoms with Crippen LogP contribution in [0.3, 0.4) is 0 Å². The molecule has 0 spiro atoms. The van der Waals surface area contributed by atoms with Gasteiger partial charge in [-0.05, 0) is 49.4 Å². The molecule has 3 atom stereocenters. The van der Waals surface area contributed by atoms with E-state index in [1.54, 1.807) is 6.92 Å². The van der Waals surface area contributed by atoms with Crippen molar-refractivity contribution in [3.05, 3.63) is 54.1 Å². The van der Waals surface area contributed by atoms with E-state index in [0.29, 0.717) is 11.0 Å². The van der Waals surface area contributed by atoms with E-state index in [2.05, 4.69) is 10.3 Å². The average Bonchev–Trinajstić information content (AvgIpc) is 3.28. The number of nitrogens with one attached hydrogen (secondary N) is 1. The van der Waals surface area contributed by atoms with Crippen molar-refractivity contribution in [3.8, 4) is 6.19 Å². The van der Waals surface area contributed by atoms with E-state index in [9.17, 15) is 43.1 Å². The molecule has 0 bridgehead atoms. The number of pyridine rings is 1.